The largest absolute Gasteiger partial charge is 0.453 e. The molecular weight excluding hydrogens is 350 g/mol. The highest BCUT2D eigenvalue weighted by molar-refractivity contribution is 7.91. The van der Waals surface area contributed by atoms with E-state index in [4.69, 9.17) is 0 Å². The number of hydrogen-bond donors (Lipinski definition) is 0. The maximum atomic E-state index is 12.4. The zero-order valence-electron chi connectivity index (χ0n) is 9.83. The van der Waals surface area contributed by atoms with E-state index in [2.05, 4.69) is 0 Å². The predicted octanol–water partition coefficient (Wildman–Crippen LogP) is 3.58. The molecule has 0 aromatic heterocycles. The van der Waals surface area contributed by atoms with Crippen molar-refractivity contribution in [3.63, 3.8) is 0 Å². The molecule has 0 aliphatic carbocycles. The van der Waals surface area contributed by atoms with Crippen LogP contribution in [0, 0.1) is 0 Å². The van der Waals surface area contributed by atoms with Gasteiger partial charge in [0.1, 0.15) is 0 Å². The summed E-state index contributed by atoms with van der Waals surface area (Å²) >= 11 is 0. The van der Waals surface area contributed by atoms with Crippen LogP contribution in [0.15, 0.2) is 0 Å². The zero-order valence-corrected chi connectivity index (χ0v) is 10.6. The highest BCUT2D eigenvalue weighted by Crippen LogP contribution is 2.40. The van der Waals surface area contributed by atoms with Crippen LogP contribution in [-0.4, -0.2) is 44.1 Å². The van der Waals surface area contributed by atoms with E-state index < -0.39 is 58.4 Å². The molecule has 0 amide bonds. The van der Waals surface area contributed by atoms with Crippen molar-refractivity contribution in [2.75, 3.05) is 11.5 Å². The smallest absolute Gasteiger partial charge is 0.229 e. The average molecular weight is 358 g/mol. The quantitative estimate of drug-likeness (QED) is 0.681. The van der Waals surface area contributed by atoms with Crippen LogP contribution in [-0.2, 0) is 9.84 Å². The molecule has 21 heavy (non-hydrogen) atoms. The van der Waals surface area contributed by atoms with Crippen LogP contribution in [0.25, 0.3) is 0 Å². The van der Waals surface area contributed by atoms with Gasteiger partial charge in [-0.2, -0.15) is 43.9 Å². The summed E-state index contributed by atoms with van der Waals surface area (Å²) in [5.74, 6) is -14.5. The Morgan fingerprint density at radius 2 is 0.810 bits per heavy atom. The van der Waals surface area contributed by atoms with Crippen LogP contribution in [0.5, 0.6) is 0 Å². The van der Waals surface area contributed by atoms with Crippen LogP contribution in [0.4, 0.5) is 43.9 Å². The van der Waals surface area contributed by atoms with Crippen molar-refractivity contribution in [2.45, 2.75) is 37.0 Å². The molecule has 0 fully saturated rings. The second-order valence-corrected chi connectivity index (χ2v) is 6.36. The van der Waals surface area contributed by atoms with Crippen LogP contribution in [0.1, 0.15) is 12.8 Å². The minimum Gasteiger partial charge on any atom is -0.229 e. The van der Waals surface area contributed by atoms with Gasteiger partial charge in [-0.15, -0.1) is 0 Å². The molecule has 0 bridgehead atoms. The van der Waals surface area contributed by atoms with E-state index >= 15 is 0 Å². The van der Waals surface area contributed by atoms with Crippen LogP contribution in [0.2, 0.25) is 0 Å². The fraction of sp³-hybridized carbons (Fsp3) is 1.00. The summed E-state index contributed by atoms with van der Waals surface area (Å²) in [6.07, 6.45) is -16.6. The van der Waals surface area contributed by atoms with Crippen molar-refractivity contribution >= 4 is 9.84 Å². The normalized spacial score (nSPS) is 15.3. The Kier molecular flexibility index (Phi) is 5.59. The molecule has 0 aliphatic heterocycles. The Hall–Kier alpha value is -0.750. The van der Waals surface area contributed by atoms with Gasteiger partial charge in [0.25, 0.3) is 0 Å². The van der Waals surface area contributed by atoms with Crippen molar-refractivity contribution in [3.8, 4) is 0 Å². The molecule has 0 aliphatic rings. The Balaban J connectivity index is 4.69. The Morgan fingerprint density at radius 3 is 1.00 bits per heavy atom. The first-order chi connectivity index (χ1) is 8.91. The molecular formula is C8H8F10O2S. The van der Waals surface area contributed by atoms with Crippen molar-refractivity contribution in [2.24, 2.45) is 0 Å². The minimum atomic E-state index is -6.04. The van der Waals surface area contributed by atoms with Gasteiger partial charge in [-0.05, 0) is 0 Å². The monoisotopic (exact) mass is 358 g/mol. The third-order valence-electron chi connectivity index (χ3n) is 2.28. The first-order valence-corrected chi connectivity index (χ1v) is 6.83. The van der Waals surface area contributed by atoms with Gasteiger partial charge >= 0.3 is 24.2 Å². The van der Waals surface area contributed by atoms with Gasteiger partial charge < -0.3 is 0 Å². The fourth-order valence-corrected chi connectivity index (χ4v) is 2.29. The summed E-state index contributed by atoms with van der Waals surface area (Å²) in [7, 11) is -4.93. The molecule has 2 nitrogen and oxygen atoms in total. The van der Waals surface area contributed by atoms with E-state index in [0.717, 1.165) is 0 Å². The minimum absolute atomic E-state index is 1.87. The van der Waals surface area contributed by atoms with Crippen LogP contribution in [0.3, 0.4) is 0 Å². The summed E-state index contributed by atoms with van der Waals surface area (Å²) in [6.45, 7) is 0. The summed E-state index contributed by atoms with van der Waals surface area (Å²) in [6, 6.07) is 0. The highest BCUT2D eigenvalue weighted by Gasteiger charge is 2.58. The number of sulfone groups is 1. The second-order valence-electron chi connectivity index (χ2n) is 4.06. The standard InChI is InChI=1S/C8H8F10O2S/c9-5(10,7(13,14)15)1-3-21(19,20)4-2-6(11,12)8(16,17)18/h1-4H2. The molecule has 0 spiro atoms. The van der Waals surface area contributed by atoms with Crippen molar-refractivity contribution in [1.82, 2.24) is 0 Å². The number of alkyl halides is 10. The zero-order chi connectivity index (χ0) is 17.3. The van der Waals surface area contributed by atoms with Crippen molar-refractivity contribution in [3.05, 3.63) is 0 Å². The first-order valence-electron chi connectivity index (χ1n) is 5.01. The molecule has 0 N–H and O–H groups in total. The number of hydrogen-bond acceptors (Lipinski definition) is 2. The lowest BCUT2D eigenvalue weighted by Gasteiger charge is -2.21. The molecule has 13 heteroatoms. The summed E-state index contributed by atoms with van der Waals surface area (Å²) in [5, 5.41) is 0. The molecule has 0 radical (unpaired) electrons. The maximum Gasteiger partial charge on any atom is 0.453 e. The third-order valence-corrected chi connectivity index (χ3v) is 3.94. The van der Waals surface area contributed by atoms with E-state index in [1.54, 1.807) is 0 Å². The topological polar surface area (TPSA) is 34.1 Å². The third kappa shape index (κ3) is 5.87. The molecule has 0 heterocycles. The average Bonchev–Trinajstić information content (AvgIpc) is 2.21. The Morgan fingerprint density at radius 1 is 0.571 bits per heavy atom. The lowest BCUT2D eigenvalue weighted by molar-refractivity contribution is -0.282. The van der Waals surface area contributed by atoms with Gasteiger partial charge in [-0.25, -0.2) is 8.42 Å². The van der Waals surface area contributed by atoms with E-state index in [0.29, 0.717) is 0 Å². The SMILES string of the molecule is O=S(=O)(CCC(F)(F)C(F)(F)F)CCC(F)(F)C(F)(F)F. The first kappa shape index (κ1) is 20.2. The molecule has 0 saturated carbocycles. The molecule has 0 saturated heterocycles. The van der Waals surface area contributed by atoms with Crippen LogP contribution >= 0.6 is 0 Å². The lowest BCUT2D eigenvalue weighted by Crippen LogP contribution is -2.40. The van der Waals surface area contributed by atoms with Gasteiger partial charge in [-0.3, -0.25) is 0 Å². The summed E-state index contributed by atoms with van der Waals surface area (Å²) in [5.41, 5.74) is 0. The van der Waals surface area contributed by atoms with E-state index in [1.165, 1.54) is 0 Å². The summed E-state index contributed by atoms with van der Waals surface area (Å²) < 4.78 is 142. The van der Waals surface area contributed by atoms with E-state index in [-0.39, 0.29) is 0 Å². The number of halogens is 10. The fourth-order valence-electron chi connectivity index (χ4n) is 0.953. The number of rotatable bonds is 6. The second kappa shape index (κ2) is 5.80. The van der Waals surface area contributed by atoms with E-state index in [9.17, 15) is 52.3 Å². The maximum absolute atomic E-state index is 12.4. The van der Waals surface area contributed by atoms with Gasteiger partial charge in [0, 0.05) is 12.8 Å². The van der Waals surface area contributed by atoms with Crippen molar-refractivity contribution < 1.29 is 52.3 Å². The van der Waals surface area contributed by atoms with E-state index in [1.807, 2.05) is 0 Å². The van der Waals surface area contributed by atoms with Gasteiger partial charge in [0.05, 0.1) is 11.5 Å². The van der Waals surface area contributed by atoms with Gasteiger partial charge in [0.15, 0.2) is 9.84 Å². The van der Waals surface area contributed by atoms with Crippen LogP contribution < -0.4 is 0 Å². The molecule has 0 rings (SSSR count). The molecule has 0 aromatic carbocycles. The molecule has 0 unspecified atom stereocenters. The van der Waals surface area contributed by atoms with Gasteiger partial charge in [0.2, 0.25) is 0 Å². The molecule has 128 valence electrons. The lowest BCUT2D eigenvalue weighted by atomic mass is 10.2. The van der Waals surface area contributed by atoms with Crippen molar-refractivity contribution in [1.29, 1.82) is 0 Å². The predicted molar refractivity (Wildman–Crippen MR) is 49.9 cm³/mol. The molecule has 0 atom stereocenters. The summed E-state index contributed by atoms with van der Waals surface area (Å²) in [4.78, 5) is 0. The van der Waals surface area contributed by atoms with Gasteiger partial charge in [-0.1, -0.05) is 0 Å². The highest BCUT2D eigenvalue weighted by atomic mass is 32.2. The Bertz CT molecular complexity index is 411. The Labute approximate surface area is 112 Å². The molecule has 0 aromatic rings.